The summed E-state index contributed by atoms with van der Waals surface area (Å²) < 4.78 is 11.1. The lowest BCUT2D eigenvalue weighted by Gasteiger charge is -2.17. The van der Waals surface area contributed by atoms with E-state index >= 15 is 0 Å². The molecule has 0 saturated carbocycles. The van der Waals surface area contributed by atoms with Gasteiger partial charge in [0, 0.05) is 6.54 Å². The predicted molar refractivity (Wildman–Crippen MR) is 111 cm³/mol. The lowest BCUT2D eigenvalue weighted by molar-refractivity contribution is -0.122. The number of aryl methyl sites for hydroxylation is 1. The standard InChI is InChI=1S/C23H30N2O3/c1-3-27-20-8-10-21(11-9-20)28-15-13-24-23(26)17-25-14-12-19(16-25)22-7-5-4-6-18(22)2/h4-11,19H,3,12-17H2,1-2H3,(H,24,26). The van der Waals surface area contributed by atoms with Gasteiger partial charge in [-0.1, -0.05) is 24.3 Å². The second kappa shape index (κ2) is 10.1. The maximum Gasteiger partial charge on any atom is 0.234 e. The average molecular weight is 383 g/mol. The SMILES string of the molecule is CCOc1ccc(OCCNC(=O)CN2CCC(c3ccccc3C)C2)cc1. The van der Waals surface area contributed by atoms with Crippen molar-refractivity contribution >= 4 is 5.91 Å². The minimum absolute atomic E-state index is 0.0562. The summed E-state index contributed by atoms with van der Waals surface area (Å²) in [7, 11) is 0. The van der Waals surface area contributed by atoms with E-state index < -0.39 is 0 Å². The van der Waals surface area contributed by atoms with E-state index in [9.17, 15) is 4.79 Å². The maximum atomic E-state index is 12.2. The van der Waals surface area contributed by atoms with Gasteiger partial charge in [0.2, 0.25) is 5.91 Å². The number of amides is 1. The van der Waals surface area contributed by atoms with Crippen LogP contribution in [0.3, 0.4) is 0 Å². The highest BCUT2D eigenvalue weighted by molar-refractivity contribution is 5.78. The van der Waals surface area contributed by atoms with E-state index in [4.69, 9.17) is 9.47 Å². The quantitative estimate of drug-likeness (QED) is 0.676. The topological polar surface area (TPSA) is 50.8 Å². The summed E-state index contributed by atoms with van der Waals surface area (Å²) in [4.78, 5) is 14.4. The molecule has 1 unspecified atom stereocenters. The summed E-state index contributed by atoms with van der Waals surface area (Å²) in [5, 5.41) is 2.95. The van der Waals surface area contributed by atoms with Crippen molar-refractivity contribution in [2.45, 2.75) is 26.2 Å². The van der Waals surface area contributed by atoms with Crippen molar-refractivity contribution in [1.29, 1.82) is 0 Å². The van der Waals surface area contributed by atoms with Crippen molar-refractivity contribution in [3.8, 4) is 11.5 Å². The molecule has 0 radical (unpaired) electrons. The molecule has 0 spiro atoms. The predicted octanol–water partition coefficient (Wildman–Crippen LogP) is 3.38. The monoisotopic (exact) mass is 382 g/mol. The van der Waals surface area contributed by atoms with Gasteiger partial charge < -0.3 is 14.8 Å². The fourth-order valence-corrected chi connectivity index (χ4v) is 3.69. The van der Waals surface area contributed by atoms with Crippen molar-refractivity contribution in [2.75, 3.05) is 39.4 Å². The summed E-state index contributed by atoms with van der Waals surface area (Å²) >= 11 is 0. The van der Waals surface area contributed by atoms with E-state index in [-0.39, 0.29) is 5.91 Å². The molecule has 1 heterocycles. The minimum Gasteiger partial charge on any atom is -0.494 e. The van der Waals surface area contributed by atoms with Crippen LogP contribution >= 0.6 is 0 Å². The van der Waals surface area contributed by atoms with E-state index in [1.165, 1.54) is 11.1 Å². The Bertz CT molecular complexity index is 761. The van der Waals surface area contributed by atoms with Gasteiger partial charge in [-0.15, -0.1) is 0 Å². The molecule has 0 aliphatic carbocycles. The molecular weight excluding hydrogens is 352 g/mol. The van der Waals surface area contributed by atoms with E-state index in [1.54, 1.807) is 0 Å². The fourth-order valence-electron chi connectivity index (χ4n) is 3.69. The first kappa shape index (κ1) is 20.2. The minimum atomic E-state index is 0.0562. The summed E-state index contributed by atoms with van der Waals surface area (Å²) in [6.07, 6.45) is 1.11. The van der Waals surface area contributed by atoms with Crippen LogP contribution in [0.1, 0.15) is 30.4 Å². The molecule has 1 N–H and O–H groups in total. The molecule has 1 aliphatic heterocycles. The van der Waals surface area contributed by atoms with E-state index in [1.807, 2.05) is 31.2 Å². The molecule has 1 amide bonds. The lowest BCUT2D eigenvalue weighted by atomic mass is 9.94. The zero-order valence-corrected chi connectivity index (χ0v) is 16.8. The molecule has 0 bridgehead atoms. The summed E-state index contributed by atoms with van der Waals surface area (Å²) in [6.45, 7) is 8.08. The van der Waals surface area contributed by atoms with Crippen molar-refractivity contribution in [1.82, 2.24) is 10.2 Å². The van der Waals surface area contributed by atoms with E-state index in [0.29, 0.717) is 32.2 Å². The van der Waals surface area contributed by atoms with Gasteiger partial charge in [0.05, 0.1) is 19.7 Å². The average Bonchev–Trinajstić information content (AvgIpc) is 3.15. The number of nitrogens with one attached hydrogen (secondary N) is 1. The second-order valence-electron chi connectivity index (χ2n) is 7.18. The summed E-state index contributed by atoms with van der Waals surface area (Å²) in [5.41, 5.74) is 2.75. The Labute approximate surface area is 167 Å². The zero-order valence-electron chi connectivity index (χ0n) is 16.8. The zero-order chi connectivity index (χ0) is 19.8. The van der Waals surface area contributed by atoms with Crippen molar-refractivity contribution < 1.29 is 14.3 Å². The third-order valence-electron chi connectivity index (χ3n) is 5.10. The van der Waals surface area contributed by atoms with Gasteiger partial charge in [0.15, 0.2) is 0 Å². The maximum absolute atomic E-state index is 12.2. The second-order valence-corrected chi connectivity index (χ2v) is 7.18. The normalized spacial score (nSPS) is 16.7. The first-order chi connectivity index (χ1) is 13.7. The van der Waals surface area contributed by atoms with Crippen LogP contribution in [-0.2, 0) is 4.79 Å². The Kier molecular flexibility index (Phi) is 7.31. The molecule has 2 aromatic rings. The molecule has 28 heavy (non-hydrogen) atoms. The van der Waals surface area contributed by atoms with Gasteiger partial charge in [0.25, 0.3) is 0 Å². The van der Waals surface area contributed by atoms with Crippen LogP contribution in [0.15, 0.2) is 48.5 Å². The lowest BCUT2D eigenvalue weighted by Crippen LogP contribution is -2.37. The summed E-state index contributed by atoms with van der Waals surface area (Å²) in [6, 6.07) is 16.1. The number of benzene rings is 2. The highest BCUT2D eigenvalue weighted by atomic mass is 16.5. The number of ether oxygens (including phenoxy) is 2. The Morgan fingerprint density at radius 2 is 1.82 bits per heavy atom. The number of hydrogen-bond donors (Lipinski definition) is 1. The third-order valence-corrected chi connectivity index (χ3v) is 5.10. The van der Waals surface area contributed by atoms with Crippen LogP contribution in [0.4, 0.5) is 0 Å². The number of likely N-dealkylation sites (tertiary alicyclic amines) is 1. The Hall–Kier alpha value is -2.53. The molecule has 5 heteroatoms. The van der Waals surface area contributed by atoms with Crippen LogP contribution < -0.4 is 14.8 Å². The Morgan fingerprint density at radius 1 is 1.11 bits per heavy atom. The number of carbonyl (C=O) groups excluding carboxylic acids is 1. The van der Waals surface area contributed by atoms with Crippen LogP contribution in [0.5, 0.6) is 11.5 Å². The van der Waals surface area contributed by atoms with Gasteiger partial charge in [-0.3, -0.25) is 9.69 Å². The number of nitrogens with zero attached hydrogens (tertiary/aromatic N) is 1. The van der Waals surface area contributed by atoms with Crippen molar-refractivity contribution in [3.63, 3.8) is 0 Å². The molecule has 5 nitrogen and oxygen atoms in total. The molecule has 1 atom stereocenters. The van der Waals surface area contributed by atoms with Gasteiger partial charge in [-0.2, -0.15) is 0 Å². The Morgan fingerprint density at radius 3 is 2.54 bits per heavy atom. The third kappa shape index (κ3) is 5.73. The van der Waals surface area contributed by atoms with E-state index in [0.717, 1.165) is 31.0 Å². The van der Waals surface area contributed by atoms with Crippen LogP contribution in [0.2, 0.25) is 0 Å². The first-order valence-corrected chi connectivity index (χ1v) is 10.1. The highest BCUT2D eigenvalue weighted by Crippen LogP contribution is 2.28. The number of rotatable bonds is 9. The largest absolute Gasteiger partial charge is 0.494 e. The summed E-state index contributed by atoms with van der Waals surface area (Å²) in [5.74, 6) is 2.19. The van der Waals surface area contributed by atoms with Gasteiger partial charge >= 0.3 is 0 Å². The van der Waals surface area contributed by atoms with Crippen molar-refractivity contribution in [2.24, 2.45) is 0 Å². The molecule has 1 aliphatic rings. The number of hydrogen-bond acceptors (Lipinski definition) is 4. The molecule has 1 fully saturated rings. The Balaban J connectivity index is 1.34. The molecule has 0 aromatic heterocycles. The molecular formula is C23H30N2O3. The smallest absolute Gasteiger partial charge is 0.234 e. The molecule has 3 rings (SSSR count). The van der Waals surface area contributed by atoms with Gasteiger partial charge in [-0.25, -0.2) is 0 Å². The first-order valence-electron chi connectivity index (χ1n) is 10.1. The highest BCUT2D eigenvalue weighted by Gasteiger charge is 2.25. The van der Waals surface area contributed by atoms with Crippen LogP contribution in [0, 0.1) is 6.92 Å². The molecule has 1 saturated heterocycles. The van der Waals surface area contributed by atoms with Gasteiger partial charge in [0.1, 0.15) is 18.1 Å². The molecule has 2 aromatic carbocycles. The van der Waals surface area contributed by atoms with Crippen molar-refractivity contribution in [3.05, 3.63) is 59.7 Å². The fraction of sp³-hybridized carbons (Fsp3) is 0.435. The number of carbonyl (C=O) groups is 1. The van der Waals surface area contributed by atoms with E-state index in [2.05, 4.69) is 41.4 Å². The van der Waals surface area contributed by atoms with Crippen LogP contribution in [0.25, 0.3) is 0 Å². The van der Waals surface area contributed by atoms with Gasteiger partial charge in [-0.05, 0) is 68.1 Å². The van der Waals surface area contributed by atoms with Crippen LogP contribution in [-0.4, -0.2) is 50.2 Å². The molecule has 150 valence electrons.